The van der Waals surface area contributed by atoms with Crippen molar-refractivity contribution in [3.8, 4) is 0 Å². The fourth-order valence-corrected chi connectivity index (χ4v) is 1.13. The molecule has 1 aliphatic rings. The molecule has 1 saturated heterocycles. The van der Waals surface area contributed by atoms with Gasteiger partial charge in [0.1, 0.15) is 0 Å². The molecule has 0 aromatic carbocycles. The highest BCUT2D eigenvalue weighted by Gasteiger charge is 2.29. The summed E-state index contributed by atoms with van der Waals surface area (Å²) in [6.45, 7) is 3.47. The summed E-state index contributed by atoms with van der Waals surface area (Å²) in [5.41, 5.74) is 0. The van der Waals surface area contributed by atoms with Crippen LogP contribution in [0.3, 0.4) is 0 Å². The molecule has 1 heterocycles. The maximum atomic E-state index is 9.77. The van der Waals surface area contributed by atoms with Crippen LogP contribution in [0.25, 0.3) is 0 Å². The van der Waals surface area contributed by atoms with Crippen LogP contribution in [0.4, 0.5) is 0 Å². The predicted molar refractivity (Wildman–Crippen MR) is 54.0 cm³/mol. The molecule has 3 atom stereocenters. The van der Waals surface area contributed by atoms with E-state index in [-0.39, 0.29) is 0 Å². The van der Waals surface area contributed by atoms with Crippen LogP contribution in [0.2, 0.25) is 0 Å². The van der Waals surface area contributed by atoms with Gasteiger partial charge in [-0.05, 0) is 26.3 Å². The summed E-state index contributed by atoms with van der Waals surface area (Å²) in [7, 11) is 0. The second-order valence-electron chi connectivity index (χ2n) is 3.56. The topological polar surface area (TPSA) is 127 Å². The molecular weight excluding hydrogens is 218 g/mol. The number of nitrogens with one attached hydrogen (secondary N) is 1. The number of carbonyl (C=O) groups is 2. The van der Waals surface area contributed by atoms with E-state index in [0.29, 0.717) is 0 Å². The van der Waals surface area contributed by atoms with Gasteiger partial charge in [-0.2, -0.15) is 0 Å². The van der Waals surface area contributed by atoms with Crippen LogP contribution in [0, 0.1) is 0 Å². The fraction of sp³-hybridized carbons (Fsp3) is 0.778. The Balaban J connectivity index is 0.000000315. The molecule has 16 heavy (non-hydrogen) atoms. The van der Waals surface area contributed by atoms with E-state index in [1.54, 1.807) is 0 Å². The molecule has 1 rings (SSSR count). The summed E-state index contributed by atoms with van der Waals surface area (Å²) in [5.74, 6) is -3.54. The lowest BCUT2D eigenvalue weighted by Crippen LogP contribution is -2.39. The van der Waals surface area contributed by atoms with Crippen LogP contribution < -0.4 is 5.32 Å². The number of carboxylic acids is 2. The highest BCUT2D eigenvalue weighted by molar-refractivity contribution is 5.83. The van der Waals surface area contributed by atoms with Crippen LogP contribution in [0.1, 0.15) is 19.8 Å². The molecule has 7 nitrogen and oxygen atoms in total. The van der Waals surface area contributed by atoms with Gasteiger partial charge in [0, 0.05) is 6.04 Å². The van der Waals surface area contributed by atoms with E-state index in [0.717, 1.165) is 6.04 Å². The highest BCUT2D eigenvalue weighted by Crippen LogP contribution is 2.01. The number of carboxylic acid groups (broad SMARTS) is 2. The second-order valence-corrected chi connectivity index (χ2v) is 3.56. The molecule has 1 aliphatic heterocycles. The van der Waals surface area contributed by atoms with E-state index in [4.69, 9.17) is 20.4 Å². The lowest BCUT2D eigenvalue weighted by Gasteiger charge is -2.07. The lowest BCUT2D eigenvalue weighted by molar-refractivity contribution is -0.165. The molecule has 0 aromatic rings. The first kappa shape index (κ1) is 14.8. The van der Waals surface area contributed by atoms with E-state index >= 15 is 0 Å². The van der Waals surface area contributed by atoms with Crippen LogP contribution in [0.15, 0.2) is 0 Å². The summed E-state index contributed by atoms with van der Waals surface area (Å²) < 4.78 is 0. The first-order chi connectivity index (χ1) is 7.36. The Kier molecular flexibility index (Phi) is 6.63. The molecule has 1 fully saturated rings. The number of aliphatic carboxylic acids is 2. The molecule has 5 N–H and O–H groups in total. The number of aliphatic hydroxyl groups is 2. The zero-order chi connectivity index (χ0) is 12.7. The van der Waals surface area contributed by atoms with E-state index in [1.165, 1.54) is 19.4 Å². The molecule has 0 amide bonds. The third-order valence-corrected chi connectivity index (χ3v) is 2.11. The predicted octanol–water partition coefficient (Wildman–Crippen LogP) is -1.36. The van der Waals surface area contributed by atoms with Gasteiger partial charge in [0.15, 0.2) is 12.2 Å². The molecule has 0 aromatic heterocycles. The first-order valence-electron chi connectivity index (χ1n) is 4.91. The SMILES string of the molecule is CC1CCCN1.O=C(O)C(O)[C@@H](O)C(=O)O. The smallest absolute Gasteiger partial charge is 0.335 e. The number of hydrogen-bond acceptors (Lipinski definition) is 5. The average Bonchev–Trinajstić information content (AvgIpc) is 2.67. The van der Waals surface area contributed by atoms with E-state index in [9.17, 15) is 9.59 Å². The Bertz CT molecular complexity index is 220. The highest BCUT2D eigenvalue weighted by atomic mass is 16.4. The quantitative estimate of drug-likeness (QED) is 0.408. The van der Waals surface area contributed by atoms with Crippen molar-refractivity contribution >= 4 is 11.9 Å². The normalized spacial score (nSPS) is 22.8. The van der Waals surface area contributed by atoms with E-state index in [2.05, 4.69) is 12.2 Å². The van der Waals surface area contributed by atoms with Crippen molar-refractivity contribution in [2.45, 2.75) is 38.0 Å². The number of hydrogen-bond donors (Lipinski definition) is 5. The Hall–Kier alpha value is -1.18. The summed E-state index contributed by atoms with van der Waals surface area (Å²) in [5, 5.41) is 35.8. The summed E-state index contributed by atoms with van der Waals surface area (Å²) in [6.07, 6.45) is -1.78. The third kappa shape index (κ3) is 5.64. The van der Waals surface area contributed by atoms with Crippen LogP contribution in [-0.2, 0) is 9.59 Å². The molecule has 94 valence electrons. The van der Waals surface area contributed by atoms with Gasteiger partial charge in [0.05, 0.1) is 0 Å². The number of rotatable bonds is 3. The van der Waals surface area contributed by atoms with Crippen molar-refractivity contribution in [1.29, 1.82) is 0 Å². The summed E-state index contributed by atoms with van der Waals surface area (Å²) >= 11 is 0. The van der Waals surface area contributed by atoms with Crippen LogP contribution >= 0.6 is 0 Å². The van der Waals surface area contributed by atoms with Crippen LogP contribution in [-0.4, -0.2) is 57.2 Å². The van der Waals surface area contributed by atoms with Crippen molar-refractivity contribution in [3.05, 3.63) is 0 Å². The second kappa shape index (κ2) is 7.15. The lowest BCUT2D eigenvalue weighted by atomic mass is 10.2. The van der Waals surface area contributed by atoms with Gasteiger partial charge in [0.2, 0.25) is 0 Å². The monoisotopic (exact) mass is 235 g/mol. The van der Waals surface area contributed by atoms with Gasteiger partial charge in [-0.15, -0.1) is 0 Å². The van der Waals surface area contributed by atoms with E-state index < -0.39 is 24.1 Å². The molecule has 7 heteroatoms. The van der Waals surface area contributed by atoms with Crippen molar-refractivity contribution in [2.24, 2.45) is 0 Å². The molecule has 0 saturated carbocycles. The molecule has 0 spiro atoms. The van der Waals surface area contributed by atoms with Crippen molar-refractivity contribution in [2.75, 3.05) is 6.54 Å². The maximum Gasteiger partial charge on any atom is 0.335 e. The molecule has 0 aliphatic carbocycles. The standard InChI is InChI=1S/C5H11N.C4H6O6/c1-5-3-2-4-6-5;5-1(3(7)8)2(6)4(9)10/h5-6H,2-4H2,1H3;1-2,5-6H,(H,7,8)(H,9,10)/t;1-,2?/m.1/s1. The molecule has 2 unspecified atom stereocenters. The minimum absolute atomic E-state index is 0.796. The Morgan fingerprint density at radius 1 is 1.19 bits per heavy atom. The van der Waals surface area contributed by atoms with Crippen molar-refractivity contribution < 1.29 is 30.0 Å². The van der Waals surface area contributed by atoms with Crippen LogP contribution in [0.5, 0.6) is 0 Å². The van der Waals surface area contributed by atoms with Crippen molar-refractivity contribution in [3.63, 3.8) is 0 Å². The fourth-order valence-electron chi connectivity index (χ4n) is 1.13. The average molecular weight is 235 g/mol. The zero-order valence-corrected chi connectivity index (χ0v) is 8.96. The molecule has 0 bridgehead atoms. The first-order valence-corrected chi connectivity index (χ1v) is 4.91. The van der Waals surface area contributed by atoms with Gasteiger partial charge in [0.25, 0.3) is 0 Å². The molecular formula is C9H17NO6. The Morgan fingerprint density at radius 3 is 1.75 bits per heavy atom. The van der Waals surface area contributed by atoms with E-state index in [1.807, 2.05) is 0 Å². The zero-order valence-electron chi connectivity index (χ0n) is 8.96. The van der Waals surface area contributed by atoms with Gasteiger partial charge in [-0.3, -0.25) is 0 Å². The van der Waals surface area contributed by atoms with Gasteiger partial charge >= 0.3 is 11.9 Å². The Labute approximate surface area is 92.7 Å². The third-order valence-electron chi connectivity index (χ3n) is 2.11. The Morgan fingerprint density at radius 2 is 1.62 bits per heavy atom. The minimum atomic E-state index is -2.27. The summed E-state index contributed by atoms with van der Waals surface area (Å²) in [4.78, 5) is 19.5. The molecule has 0 radical (unpaired) electrons. The van der Waals surface area contributed by atoms with Gasteiger partial charge in [-0.1, -0.05) is 0 Å². The largest absolute Gasteiger partial charge is 0.479 e. The van der Waals surface area contributed by atoms with Gasteiger partial charge < -0.3 is 25.7 Å². The minimum Gasteiger partial charge on any atom is -0.479 e. The van der Waals surface area contributed by atoms with Gasteiger partial charge in [-0.25, -0.2) is 9.59 Å². The summed E-state index contributed by atoms with van der Waals surface area (Å²) in [6, 6.07) is 0.796. The maximum absolute atomic E-state index is 9.77. The number of aliphatic hydroxyl groups excluding tert-OH is 2. The van der Waals surface area contributed by atoms with Crippen molar-refractivity contribution in [1.82, 2.24) is 5.32 Å².